The maximum Gasteiger partial charge on any atom is 0.138 e. The summed E-state index contributed by atoms with van der Waals surface area (Å²) in [5.74, 6) is 0.748. The molecule has 0 amide bonds. The summed E-state index contributed by atoms with van der Waals surface area (Å²) >= 11 is 0. The molecular weight excluding hydrogens is 204 g/mol. The van der Waals surface area contributed by atoms with Crippen molar-refractivity contribution in [3.63, 3.8) is 0 Å². The molecular formula is C11H12N4O. The third kappa shape index (κ3) is 1.79. The Morgan fingerprint density at radius 3 is 2.69 bits per heavy atom. The van der Waals surface area contributed by atoms with Crippen molar-refractivity contribution < 1.29 is 5.21 Å². The van der Waals surface area contributed by atoms with Gasteiger partial charge in [0.2, 0.25) is 0 Å². The van der Waals surface area contributed by atoms with E-state index in [0.29, 0.717) is 11.4 Å². The van der Waals surface area contributed by atoms with Crippen molar-refractivity contribution in [1.82, 2.24) is 15.0 Å². The zero-order valence-electron chi connectivity index (χ0n) is 9.10. The lowest BCUT2D eigenvalue weighted by molar-refractivity contribution is 0.319. The number of rotatable bonds is 2. The van der Waals surface area contributed by atoms with Crippen LogP contribution < -0.4 is 0 Å². The molecule has 0 spiro atoms. The number of H-pyrrole nitrogens is 1. The third-order valence-electron chi connectivity index (χ3n) is 2.33. The molecule has 0 atom stereocenters. The predicted molar refractivity (Wildman–Crippen MR) is 60.6 cm³/mol. The zero-order valence-corrected chi connectivity index (χ0v) is 9.10. The van der Waals surface area contributed by atoms with E-state index >= 15 is 0 Å². The molecule has 0 aliphatic rings. The van der Waals surface area contributed by atoms with Crippen molar-refractivity contribution in [2.45, 2.75) is 13.8 Å². The Morgan fingerprint density at radius 2 is 2.06 bits per heavy atom. The van der Waals surface area contributed by atoms with Gasteiger partial charge >= 0.3 is 0 Å². The summed E-state index contributed by atoms with van der Waals surface area (Å²) in [7, 11) is 0. The number of imidazole rings is 1. The Kier molecular flexibility index (Phi) is 2.68. The molecule has 0 bridgehead atoms. The molecule has 0 fully saturated rings. The second-order valence-corrected chi connectivity index (χ2v) is 3.48. The second kappa shape index (κ2) is 4.14. The summed E-state index contributed by atoms with van der Waals surface area (Å²) in [6.45, 7) is 3.60. The Labute approximate surface area is 92.9 Å². The van der Waals surface area contributed by atoms with Crippen LogP contribution in [0.25, 0.3) is 11.4 Å². The first-order valence-electron chi connectivity index (χ1n) is 4.88. The minimum Gasteiger partial charge on any atom is -0.411 e. The molecule has 0 aromatic carbocycles. The highest BCUT2D eigenvalue weighted by Crippen LogP contribution is 2.17. The fourth-order valence-electron chi connectivity index (χ4n) is 1.51. The molecule has 0 aliphatic carbocycles. The number of nitrogens with zero attached hydrogens (tertiary/aromatic N) is 3. The highest BCUT2D eigenvalue weighted by atomic mass is 16.4. The van der Waals surface area contributed by atoms with E-state index in [1.807, 2.05) is 19.1 Å². The number of hydrogen-bond acceptors (Lipinski definition) is 4. The standard InChI is InChI=1S/C11H12N4O/c1-7-10(8(2)15-16)14-11(13-7)9-3-5-12-6-4-9/h3-6,16H,1-2H3,(H,13,14)/b15-8+. The maximum absolute atomic E-state index is 8.72. The minimum absolute atomic E-state index is 0.494. The molecule has 0 aliphatic heterocycles. The van der Waals surface area contributed by atoms with Gasteiger partial charge in [-0.05, 0) is 26.0 Å². The SMILES string of the molecule is C/C(=N\O)c1nc(-c2ccncc2)[nH]c1C. The van der Waals surface area contributed by atoms with Crippen LogP contribution in [0.1, 0.15) is 18.3 Å². The zero-order chi connectivity index (χ0) is 11.5. The van der Waals surface area contributed by atoms with Crippen LogP contribution >= 0.6 is 0 Å². The molecule has 2 aromatic heterocycles. The van der Waals surface area contributed by atoms with Crippen molar-refractivity contribution >= 4 is 5.71 Å². The van der Waals surface area contributed by atoms with Gasteiger partial charge in [-0.1, -0.05) is 5.16 Å². The summed E-state index contributed by atoms with van der Waals surface area (Å²) in [4.78, 5) is 11.5. The first kappa shape index (κ1) is 10.4. The quantitative estimate of drug-likeness (QED) is 0.458. The van der Waals surface area contributed by atoms with Gasteiger partial charge in [-0.2, -0.15) is 0 Å². The average Bonchev–Trinajstić information content (AvgIpc) is 2.71. The van der Waals surface area contributed by atoms with E-state index in [9.17, 15) is 0 Å². The van der Waals surface area contributed by atoms with Crippen molar-refractivity contribution in [3.05, 3.63) is 35.9 Å². The van der Waals surface area contributed by atoms with Gasteiger partial charge in [-0.15, -0.1) is 0 Å². The Hall–Kier alpha value is -2.17. The summed E-state index contributed by atoms with van der Waals surface area (Å²) in [6.07, 6.45) is 3.42. The van der Waals surface area contributed by atoms with E-state index in [4.69, 9.17) is 5.21 Å². The van der Waals surface area contributed by atoms with E-state index in [1.165, 1.54) is 0 Å². The van der Waals surface area contributed by atoms with Gasteiger partial charge in [-0.3, -0.25) is 4.98 Å². The summed E-state index contributed by atoms with van der Waals surface area (Å²) in [6, 6.07) is 3.74. The largest absolute Gasteiger partial charge is 0.411 e. The normalized spacial score (nSPS) is 11.8. The number of hydrogen-bond donors (Lipinski definition) is 2. The fourth-order valence-corrected chi connectivity index (χ4v) is 1.51. The van der Waals surface area contributed by atoms with E-state index in [1.54, 1.807) is 19.3 Å². The second-order valence-electron chi connectivity index (χ2n) is 3.48. The van der Waals surface area contributed by atoms with Gasteiger partial charge in [0.1, 0.15) is 17.2 Å². The molecule has 2 rings (SSSR count). The molecule has 0 unspecified atom stereocenters. The lowest BCUT2D eigenvalue weighted by Crippen LogP contribution is -1.97. The van der Waals surface area contributed by atoms with E-state index in [2.05, 4.69) is 20.1 Å². The monoisotopic (exact) mass is 216 g/mol. The van der Waals surface area contributed by atoms with Crippen molar-refractivity contribution in [1.29, 1.82) is 0 Å². The number of aromatic amines is 1. The number of aromatic nitrogens is 3. The molecule has 0 saturated heterocycles. The van der Waals surface area contributed by atoms with Crippen molar-refractivity contribution in [2.24, 2.45) is 5.16 Å². The molecule has 16 heavy (non-hydrogen) atoms. The Morgan fingerprint density at radius 1 is 1.38 bits per heavy atom. The summed E-state index contributed by atoms with van der Waals surface area (Å²) in [5.41, 5.74) is 3.00. The number of nitrogens with one attached hydrogen (secondary N) is 1. The predicted octanol–water partition coefficient (Wildman–Crippen LogP) is 1.98. The third-order valence-corrected chi connectivity index (χ3v) is 2.33. The molecule has 2 aromatic rings. The highest BCUT2D eigenvalue weighted by Gasteiger charge is 2.10. The first-order valence-corrected chi connectivity index (χ1v) is 4.88. The average molecular weight is 216 g/mol. The van der Waals surface area contributed by atoms with Crippen LogP contribution in [0.15, 0.2) is 29.7 Å². The molecule has 82 valence electrons. The fraction of sp³-hybridized carbons (Fsp3) is 0.182. The number of aryl methyl sites for hydroxylation is 1. The molecule has 0 saturated carbocycles. The van der Waals surface area contributed by atoms with Crippen LogP contribution in [0.3, 0.4) is 0 Å². The minimum atomic E-state index is 0.494. The van der Waals surface area contributed by atoms with Crippen molar-refractivity contribution in [3.8, 4) is 11.4 Å². The lowest BCUT2D eigenvalue weighted by atomic mass is 10.2. The van der Waals surface area contributed by atoms with Crippen LogP contribution in [0.2, 0.25) is 0 Å². The van der Waals surface area contributed by atoms with Gasteiger partial charge < -0.3 is 10.2 Å². The van der Waals surface area contributed by atoms with Gasteiger partial charge in [0.15, 0.2) is 0 Å². The topological polar surface area (TPSA) is 74.2 Å². The van der Waals surface area contributed by atoms with E-state index in [-0.39, 0.29) is 0 Å². The van der Waals surface area contributed by atoms with Crippen LogP contribution in [0.4, 0.5) is 0 Å². The van der Waals surface area contributed by atoms with E-state index in [0.717, 1.165) is 17.1 Å². The van der Waals surface area contributed by atoms with Gasteiger partial charge in [0.25, 0.3) is 0 Å². The first-order chi connectivity index (χ1) is 7.72. The Balaban J connectivity index is 2.46. The van der Waals surface area contributed by atoms with E-state index < -0.39 is 0 Å². The Bertz CT molecular complexity index is 516. The summed E-state index contributed by atoms with van der Waals surface area (Å²) in [5, 5.41) is 11.9. The van der Waals surface area contributed by atoms with Crippen LogP contribution in [0.5, 0.6) is 0 Å². The highest BCUT2D eigenvalue weighted by molar-refractivity contribution is 5.98. The van der Waals surface area contributed by atoms with Crippen LogP contribution in [0, 0.1) is 6.92 Å². The molecule has 2 N–H and O–H groups in total. The van der Waals surface area contributed by atoms with Crippen LogP contribution in [-0.4, -0.2) is 25.9 Å². The molecule has 5 nitrogen and oxygen atoms in total. The maximum atomic E-state index is 8.72. The van der Waals surface area contributed by atoms with Crippen LogP contribution in [-0.2, 0) is 0 Å². The van der Waals surface area contributed by atoms with Gasteiger partial charge in [0, 0.05) is 23.7 Å². The number of pyridine rings is 1. The van der Waals surface area contributed by atoms with Crippen molar-refractivity contribution in [2.75, 3.05) is 0 Å². The smallest absolute Gasteiger partial charge is 0.138 e. The lowest BCUT2D eigenvalue weighted by Gasteiger charge is -1.93. The van der Waals surface area contributed by atoms with Gasteiger partial charge in [-0.25, -0.2) is 4.98 Å². The molecule has 5 heteroatoms. The summed E-state index contributed by atoms with van der Waals surface area (Å²) < 4.78 is 0. The molecule has 2 heterocycles. The van der Waals surface area contributed by atoms with Gasteiger partial charge in [0.05, 0.1) is 0 Å². The number of oxime groups is 1. The molecule has 0 radical (unpaired) electrons.